The van der Waals surface area contributed by atoms with E-state index < -0.39 is 90.0 Å². The number of alkyl halides is 8. The second-order valence-electron chi connectivity index (χ2n) is 12.0. The lowest BCUT2D eigenvalue weighted by Crippen LogP contribution is -2.58. The summed E-state index contributed by atoms with van der Waals surface area (Å²) in [5.74, 6) is -6.40. The monoisotopic (exact) mass is 806 g/mol. The van der Waals surface area contributed by atoms with Crippen molar-refractivity contribution in [1.82, 2.24) is 0 Å². The first kappa shape index (κ1) is 46.9. The molecule has 1 saturated heterocycles. The molecule has 2 rings (SSSR count). The Bertz CT molecular complexity index is 1330. The Balaban J connectivity index is 2.18. The summed E-state index contributed by atoms with van der Waals surface area (Å²) in [6, 6.07) is 8.05. The van der Waals surface area contributed by atoms with Crippen LogP contribution in [-0.2, 0) is 47.5 Å². The summed E-state index contributed by atoms with van der Waals surface area (Å²) in [5, 5.41) is 12.3. The Hall–Kier alpha value is -2.24. The Kier molecular flexibility index (Phi) is 18.7. The number of aliphatic hydroxyl groups is 1. The van der Waals surface area contributed by atoms with Gasteiger partial charge in [0.2, 0.25) is 0 Å². The fourth-order valence-electron chi connectivity index (χ4n) is 5.08. The smallest absolute Gasteiger partial charge is 0.460 e. The van der Waals surface area contributed by atoms with Crippen molar-refractivity contribution in [3.8, 4) is 0 Å². The third-order valence-electron chi connectivity index (χ3n) is 8.01. The predicted molar refractivity (Wildman–Crippen MR) is 167 cm³/mol. The van der Waals surface area contributed by atoms with E-state index in [0.29, 0.717) is 37.7 Å². The topological polar surface area (TPSA) is 156 Å². The molecule has 1 aromatic carbocycles. The van der Waals surface area contributed by atoms with E-state index in [1.165, 1.54) is 6.92 Å². The van der Waals surface area contributed by atoms with Crippen molar-refractivity contribution in [3.63, 3.8) is 0 Å². The van der Waals surface area contributed by atoms with Crippen LogP contribution in [0.2, 0.25) is 0 Å². The Morgan fingerprint density at radius 2 is 1.51 bits per heavy atom. The number of benzene rings is 1. The van der Waals surface area contributed by atoms with E-state index in [-0.39, 0.29) is 38.9 Å². The largest absolute Gasteiger partial charge is 0.481 e. The van der Waals surface area contributed by atoms with Gasteiger partial charge in [-0.05, 0) is 26.2 Å². The van der Waals surface area contributed by atoms with Gasteiger partial charge >= 0.3 is 39.5 Å². The molecular weight excluding hydrogens is 760 g/mol. The molecule has 308 valence electrons. The zero-order chi connectivity index (χ0) is 39.9. The average Bonchev–Trinajstić information content (AvgIpc) is 3.09. The Morgan fingerprint density at radius 1 is 0.925 bits per heavy atom. The van der Waals surface area contributed by atoms with E-state index in [1.807, 2.05) is 0 Å². The standard InChI is InChI=1S/C32H46F8O12S/c1-3-47-21-49-25(23-18-20-48-28(50-23)22-15-11-10-12-16-22)26(27(43)46-2)51-53(44,45)32(39,40)31(37,38)52-30(35,36)29(33,34)19-14-9-7-5-4-6-8-13-17-24(41)42/h10-12,15-16,23,25-28,43H,3-9,13-14,17-21H2,1-2H3,(H,41,42). The van der Waals surface area contributed by atoms with Crippen molar-refractivity contribution in [2.45, 2.75) is 132 Å². The number of aliphatic hydroxyl groups excluding tert-OH is 1. The fourth-order valence-corrected chi connectivity index (χ4v) is 6.03. The van der Waals surface area contributed by atoms with Crippen LogP contribution in [0.15, 0.2) is 30.3 Å². The molecule has 0 saturated carbocycles. The van der Waals surface area contributed by atoms with Gasteiger partial charge in [-0.3, -0.25) is 8.98 Å². The van der Waals surface area contributed by atoms with Crippen molar-refractivity contribution < 1.29 is 91.2 Å². The van der Waals surface area contributed by atoms with Gasteiger partial charge in [-0.25, -0.2) is 4.74 Å². The summed E-state index contributed by atoms with van der Waals surface area (Å²) in [4.78, 5) is 10.5. The molecule has 0 amide bonds. The van der Waals surface area contributed by atoms with Gasteiger partial charge < -0.3 is 33.9 Å². The SMILES string of the molecule is CCOCOC(C1CCOC(c2ccccc2)O1)C(OS(=O)(=O)C(F)(F)C(F)(F)OC(F)(F)C(F)(F)CCCCCCCCCCC(=O)O)C(O)OC. The van der Waals surface area contributed by atoms with Crippen molar-refractivity contribution in [3.05, 3.63) is 35.9 Å². The maximum atomic E-state index is 15.0. The molecule has 0 bridgehead atoms. The molecule has 2 N–H and O–H groups in total. The third-order valence-corrected chi connectivity index (χ3v) is 9.35. The van der Waals surface area contributed by atoms with Crippen molar-refractivity contribution >= 4 is 16.1 Å². The lowest BCUT2D eigenvalue weighted by molar-refractivity contribution is -0.457. The lowest BCUT2D eigenvalue weighted by atomic mass is 10.0. The number of carboxylic acids is 1. The number of carbonyl (C=O) groups is 1. The van der Waals surface area contributed by atoms with E-state index in [1.54, 1.807) is 30.3 Å². The number of rotatable bonds is 27. The summed E-state index contributed by atoms with van der Waals surface area (Å²) in [6.07, 6.45) is -22.5. The van der Waals surface area contributed by atoms with Crippen molar-refractivity contribution in [2.24, 2.45) is 0 Å². The van der Waals surface area contributed by atoms with Crippen LogP contribution in [-0.4, -0.2) is 99.7 Å². The highest BCUT2D eigenvalue weighted by molar-refractivity contribution is 7.87. The highest BCUT2D eigenvalue weighted by Crippen LogP contribution is 2.49. The van der Waals surface area contributed by atoms with Gasteiger partial charge in [-0.15, -0.1) is 0 Å². The maximum Gasteiger partial charge on any atom is 0.460 e. The van der Waals surface area contributed by atoms with Crippen LogP contribution in [0.25, 0.3) is 0 Å². The van der Waals surface area contributed by atoms with Crippen LogP contribution in [0.1, 0.15) is 89.4 Å². The maximum absolute atomic E-state index is 15.0. The number of aliphatic carboxylic acids is 1. The predicted octanol–water partition coefficient (Wildman–Crippen LogP) is 6.97. The second kappa shape index (κ2) is 21.2. The second-order valence-corrected chi connectivity index (χ2v) is 13.7. The molecule has 0 aromatic heterocycles. The minimum Gasteiger partial charge on any atom is -0.481 e. The third kappa shape index (κ3) is 13.8. The number of carboxylic acid groups (broad SMARTS) is 1. The molecule has 5 unspecified atom stereocenters. The van der Waals surface area contributed by atoms with Gasteiger partial charge in [-0.1, -0.05) is 68.9 Å². The molecule has 1 aliphatic rings. The summed E-state index contributed by atoms with van der Waals surface area (Å²) in [7, 11) is -6.43. The summed E-state index contributed by atoms with van der Waals surface area (Å²) in [5.41, 5.74) is 0.431. The summed E-state index contributed by atoms with van der Waals surface area (Å²) >= 11 is 0. The van der Waals surface area contributed by atoms with Crippen LogP contribution in [0.5, 0.6) is 0 Å². The van der Waals surface area contributed by atoms with Gasteiger partial charge in [0.15, 0.2) is 18.7 Å². The Morgan fingerprint density at radius 3 is 2.08 bits per heavy atom. The molecule has 0 aliphatic carbocycles. The zero-order valence-electron chi connectivity index (χ0n) is 29.1. The molecule has 1 aromatic rings. The van der Waals surface area contributed by atoms with Crippen LogP contribution in [0.4, 0.5) is 35.1 Å². The first-order chi connectivity index (χ1) is 24.7. The molecular formula is C32H46F8O12S. The average molecular weight is 807 g/mol. The van der Waals surface area contributed by atoms with E-state index >= 15 is 8.78 Å². The summed E-state index contributed by atoms with van der Waals surface area (Å²) < 4.78 is 176. The van der Waals surface area contributed by atoms with Gasteiger partial charge in [0, 0.05) is 32.1 Å². The number of hydrogen-bond donors (Lipinski definition) is 2. The number of methoxy groups -OCH3 is 1. The number of unbranched alkanes of at least 4 members (excludes halogenated alkanes) is 7. The van der Waals surface area contributed by atoms with Gasteiger partial charge in [0.1, 0.15) is 12.9 Å². The fraction of sp³-hybridized carbons (Fsp3) is 0.781. The quantitative estimate of drug-likeness (QED) is 0.0408. The first-order valence-corrected chi connectivity index (χ1v) is 18.2. The van der Waals surface area contributed by atoms with Gasteiger partial charge in [0.25, 0.3) is 0 Å². The minimum atomic E-state index is -7.17. The molecule has 5 atom stereocenters. The van der Waals surface area contributed by atoms with Crippen LogP contribution >= 0.6 is 0 Å². The summed E-state index contributed by atoms with van der Waals surface area (Å²) in [6.45, 7) is 0.683. The molecule has 21 heteroatoms. The zero-order valence-corrected chi connectivity index (χ0v) is 29.9. The molecule has 0 spiro atoms. The molecule has 1 heterocycles. The normalized spacial score (nSPS) is 19.5. The van der Waals surface area contributed by atoms with E-state index in [0.717, 1.165) is 7.11 Å². The molecule has 1 fully saturated rings. The van der Waals surface area contributed by atoms with Crippen LogP contribution < -0.4 is 0 Å². The Labute approximate surface area is 302 Å². The number of ether oxygens (including phenoxy) is 6. The van der Waals surface area contributed by atoms with E-state index in [4.69, 9.17) is 24.1 Å². The van der Waals surface area contributed by atoms with Crippen LogP contribution in [0.3, 0.4) is 0 Å². The molecule has 0 radical (unpaired) electrons. The van der Waals surface area contributed by atoms with Crippen molar-refractivity contribution in [2.75, 3.05) is 27.1 Å². The highest BCUT2D eigenvalue weighted by atomic mass is 32.2. The van der Waals surface area contributed by atoms with E-state index in [2.05, 4.69) is 13.7 Å². The molecule has 53 heavy (non-hydrogen) atoms. The highest BCUT2D eigenvalue weighted by Gasteiger charge is 2.75. The van der Waals surface area contributed by atoms with Crippen LogP contribution in [0, 0.1) is 0 Å². The van der Waals surface area contributed by atoms with Gasteiger partial charge in [-0.2, -0.15) is 43.5 Å². The lowest BCUT2D eigenvalue weighted by Gasteiger charge is -2.39. The van der Waals surface area contributed by atoms with E-state index in [9.17, 15) is 44.7 Å². The first-order valence-electron chi connectivity index (χ1n) is 16.8. The number of hydrogen-bond acceptors (Lipinski definition) is 11. The molecule has 12 nitrogen and oxygen atoms in total. The molecule has 1 aliphatic heterocycles. The number of halogens is 8. The van der Waals surface area contributed by atoms with Crippen molar-refractivity contribution in [1.29, 1.82) is 0 Å². The minimum absolute atomic E-state index is 0.00269. The van der Waals surface area contributed by atoms with Gasteiger partial charge in [0.05, 0.1) is 12.7 Å².